The van der Waals surface area contributed by atoms with Gasteiger partial charge in [-0.25, -0.2) is 0 Å². The van der Waals surface area contributed by atoms with E-state index in [9.17, 15) is 10.1 Å². The number of anilines is 2. The maximum absolute atomic E-state index is 11.0. The molecule has 5 rings (SSSR count). The van der Waals surface area contributed by atoms with Gasteiger partial charge in [0.05, 0.1) is 10.6 Å². The Morgan fingerprint density at radius 1 is 1.00 bits per heavy atom. The Hall–Kier alpha value is -4.40. The lowest BCUT2D eigenvalue weighted by molar-refractivity contribution is -0.384. The van der Waals surface area contributed by atoms with Crippen LogP contribution in [0.4, 0.5) is 17.5 Å². The molecular weight excluding hydrogens is 384 g/mol. The number of benzene rings is 2. The van der Waals surface area contributed by atoms with Gasteiger partial charge >= 0.3 is 6.01 Å². The van der Waals surface area contributed by atoms with E-state index in [1.54, 1.807) is 12.4 Å². The standard InChI is InChI=1S/C21H14N6O3/c28-27(29)14-5-6-19-18(12-14)23-21(30-19)24-20-16-4-2-1-3-15(16)17(25-26-20)11-13-7-9-22-10-8-13/h1-10,12H,11H2,(H,23,24,26). The van der Waals surface area contributed by atoms with Crippen molar-refractivity contribution in [3.05, 3.63) is 88.4 Å². The van der Waals surface area contributed by atoms with Crippen LogP contribution in [0.3, 0.4) is 0 Å². The minimum absolute atomic E-state index is 0.0481. The van der Waals surface area contributed by atoms with Crippen molar-refractivity contribution in [1.82, 2.24) is 20.2 Å². The Balaban J connectivity index is 1.51. The van der Waals surface area contributed by atoms with Gasteiger partial charge in [-0.1, -0.05) is 24.3 Å². The van der Waals surface area contributed by atoms with Crippen LogP contribution >= 0.6 is 0 Å². The van der Waals surface area contributed by atoms with Crippen molar-refractivity contribution in [2.75, 3.05) is 5.32 Å². The lowest BCUT2D eigenvalue weighted by Crippen LogP contribution is -2.02. The van der Waals surface area contributed by atoms with Gasteiger partial charge in [0.25, 0.3) is 5.69 Å². The summed E-state index contributed by atoms with van der Waals surface area (Å²) < 4.78 is 5.66. The number of oxazole rings is 1. The minimum atomic E-state index is -0.471. The average Bonchev–Trinajstić information content (AvgIpc) is 3.18. The molecule has 0 aliphatic rings. The molecule has 0 saturated heterocycles. The van der Waals surface area contributed by atoms with Gasteiger partial charge in [0, 0.05) is 41.7 Å². The fourth-order valence-corrected chi connectivity index (χ4v) is 3.26. The Bertz CT molecular complexity index is 1380. The molecule has 9 nitrogen and oxygen atoms in total. The van der Waals surface area contributed by atoms with E-state index in [1.807, 2.05) is 36.4 Å². The molecule has 3 heterocycles. The van der Waals surface area contributed by atoms with Crippen molar-refractivity contribution in [1.29, 1.82) is 0 Å². The van der Waals surface area contributed by atoms with Gasteiger partial charge < -0.3 is 4.42 Å². The fourth-order valence-electron chi connectivity index (χ4n) is 3.26. The topological polar surface area (TPSA) is 120 Å². The summed E-state index contributed by atoms with van der Waals surface area (Å²) in [6.45, 7) is 0. The van der Waals surface area contributed by atoms with Crippen LogP contribution in [-0.4, -0.2) is 25.1 Å². The third kappa shape index (κ3) is 3.28. The first kappa shape index (κ1) is 17.7. The molecule has 3 aromatic heterocycles. The summed E-state index contributed by atoms with van der Waals surface area (Å²) in [5.74, 6) is 0.491. The predicted molar refractivity (Wildman–Crippen MR) is 111 cm³/mol. The summed E-state index contributed by atoms with van der Waals surface area (Å²) in [7, 11) is 0. The number of nitro benzene ring substituents is 1. The van der Waals surface area contributed by atoms with Crippen molar-refractivity contribution in [2.24, 2.45) is 0 Å². The highest BCUT2D eigenvalue weighted by Crippen LogP contribution is 2.29. The largest absolute Gasteiger partial charge is 0.423 e. The second-order valence-electron chi connectivity index (χ2n) is 6.63. The van der Waals surface area contributed by atoms with Crippen molar-refractivity contribution in [3.8, 4) is 0 Å². The van der Waals surface area contributed by atoms with Gasteiger partial charge in [-0.2, -0.15) is 10.1 Å². The third-order valence-electron chi connectivity index (χ3n) is 4.69. The normalized spacial score (nSPS) is 11.1. The first-order valence-corrected chi connectivity index (χ1v) is 9.12. The molecule has 0 saturated carbocycles. The van der Waals surface area contributed by atoms with Crippen LogP contribution in [0, 0.1) is 10.1 Å². The van der Waals surface area contributed by atoms with Crippen molar-refractivity contribution in [3.63, 3.8) is 0 Å². The molecule has 0 amide bonds. The monoisotopic (exact) mass is 398 g/mol. The van der Waals surface area contributed by atoms with Gasteiger partial charge in [0.15, 0.2) is 11.4 Å². The molecule has 5 aromatic rings. The van der Waals surface area contributed by atoms with E-state index in [2.05, 4.69) is 25.5 Å². The Morgan fingerprint density at radius 3 is 2.60 bits per heavy atom. The maximum Gasteiger partial charge on any atom is 0.301 e. The number of nitrogens with one attached hydrogen (secondary N) is 1. The average molecular weight is 398 g/mol. The zero-order valence-corrected chi connectivity index (χ0v) is 15.5. The summed E-state index contributed by atoms with van der Waals surface area (Å²) in [6, 6.07) is 16.1. The summed E-state index contributed by atoms with van der Waals surface area (Å²) in [5.41, 5.74) is 2.71. The number of pyridine rings is 1. The van der Waals surface area contributed by atoms with Crippen LogP contribution in [0.5, 0.6) is 0 Å². The van der Waals surface area contributed by atoms with Crippen molar-refractivity contribution >= 4 is 39.4 Å². The van der Waals surface area contributed by atoms with Crippen molar-refractivity contribution < 1.29 is 9.34 Å². The summed E-state index contributed by atoms with van der Waals surface area (Å²) in [4.78, 5) is 18.8. The Morgan fingerprint density at radius 2 is 1.80 bits per heavy atom. The highest BCUT2D eigenvalue weighted by atomic mass is 16.6. The van der Waals surface area contributed by atoms with E-state index in [4.69, 9.17) is 4.42 Å². The molecule has 30 heavy (non-hydrogen) atoms. The lowest BCUT2D eigenvalue weighted by Gasteiger charge is -2.09. The molecule has 0 aliphatic heterocycles. The zero-order valence-electron chi connectivity index (χ0n) is 15.5. The summed E-state index contributed by atoms with van der Waals surface area (Å²) in [6.07, 6.45) is 4.12. The third-order valence-corrected chi connectivity index (χ3v) is 4.69. The molecule has 0 radical (unpaired) electrons. The highest BCUT2D eigenvalue weighted by molar-refractivity contribution is 5.94. The highest BCUT2D eigenvalue weighted by Gasteiger charge is 2.15. The molecule has 9 heteroatoms. The molecule has 0 unspecified atom stereocenters. The first-order valence-electron chi connectivity index (χ1n) is 9.12. The van der Waals surface area contributed by atoms with Crippen LogP contribution in [0.2, 0.25) is 0 Å². The minimum Gasteiger partial charge on any atom is -0.423 e. The molecule has 0 fully saturated rings. The van der Waals surface area contributed by atoms with E-state index in [0.29, 0.717) is 23.3 Å². The van der Waals surface area contributed by atoms with Gasteiger partial charge in [0.1, 0.15) is 5.52 Å². The van der Waals surface area contributed by atoms with E-state index < -0.39 is 4.92 Å². The number of non-ortho nitro benzene ring substituents is 1. The molecule has 146 valence electrons. The molecule has 0 aliphatic carbocycles. The van der Waals surface area contributed by atoms with Crippen LogP contribution in [0.1, 0.15) is 11.3 Å². The van der Waals surface area contributed by atoms with E-state index in [-0.39, 0.29) is 11.7 Å². The molecule has 1 N–H and O–H groups in total. The number of hydrogen-bond donors (Lipinski definition) is 1. The molecule has 0 bridgehead atoms. The van der Waals surface area contributed by atoms with E-state index in [0.717, 1.165) is 22.0 Å². The van der Waals surface area contributed by atoms with E-state index in [1.165, 1.54) is 18.2 Å². The SMILES string of the molecule is O=[N+]([O-])c1ccc2oc(Nc3nnc(Cc4ccncc4)c4ccccc34)nc2c1. The van der Waals surface area contributed by atoms with Crippen LogP contribution in [-0.2, 0) is 6.42 Å². The van der Waals surface area contributed by atoms with Gasteiger partial charge in [0.2, 0.25) is 0 Å². The van der Waals surface area contributed by atoms with Gasteiger partial charge in [-0.15, -0.1) is 5.10 Å². The maximum atomic E-state index is 11.0. The smallest absolute Gasteiger partial charge is 0.301 e. The van der Waals surface area contributed by atoms with Crippen LogP contribution in [0.25, 0.3) is 21.9 Å². The molecule has 0 spiro atoms. The zero-order chi connectivity index (χ0) is 20.5. The number of aromatic nitrogens is 4. The summed E-state index contributed by atoms with van der Waals surface area (Å²) in [5, 5.41) is 24.6. The second-order valence-corrected chi connectivity index (χ2v) is 6.63. The number of rotatable bonds is 5. The molecule has 2 aromatic carbocycles. The lowest BCUT2D eigenvalue weighted by atomic mass is 10.1. The fraction of sp³-hybridized carbons (Fsp3) is 0.0476. The first-order chi connectivity index (χ1) is 14.7. The Kier molecular flexibility index (Phi) is 4.25. The van der Waals surface area contributed by atoms with Crippen molar-refractivity contribution in [2.45, 2.75) is 6.42 Å². The van der Waals surface area contributed by atoms with Gasteiger partial charge in [-0.05, 0) is 23.8 Å². The van der Waals surface area contributed by atoms with Crippen LogP contribution < -0.4 is 5.32 Å². The number of fused-ring (bicyclic) bond motifs is 2. The molecule has 0 atom stereocenters. The summed E-state index contributed by atoms with van der Waals surface area (Å²) >= 11 is 0. The Labute approximate surface area is 169 Å². The second kappa shape index (κ2) is 7.21. The number of hydrogen-bond acceptors (Lipinski definition) is 8. The number of nitro groups is 1. The van der Waals surface area contributed by atoms with Gasteiger partial charge in [-0.3, -0.25) is 20.4 Å². The van der Waals surface area contributed by atoms with E-state index >= 15 is 0 Å². The number of nitrogens with zero attached hydrogens (tertiary/aromatic N) is 5. The quantitative estimate of drug-likeness (QED) is 0.341. The predicted octanol–water partition coefficient (Wildman–Crippen LogP) is 4.41. The molecular formula is C21H14N6O3. The van der Waals surface area contributed by atoms with Crippen LogP contribution in [0.15, 0.2) is 71.4 Å².